The maximum atomic E-state index is 13.0. The largest absolute Gasteiger partial charge is 0.416 e. The molecule has 0 unspecified atom stereocenters. The van der Waals surface area contributed by atoms with Gasteiger partial charge in [-0.1, -0.05) is 36.4 Å². The summed E-state index contributed by atoms with van der Waals surface area (Å²) in [6.45, 7) is 4.27. The van der Waals surface area contributed by atoms with E-state index in [0.717, 1.165) is 24.8 Å². The van der Waals surface area contributed by atoms with Gasteiger partial charge in [-0.05, 0) is 60.7 Å². The van der Waals surface area contributed by atoms with E-state index in [2.05, 4.69) is 46.7 Å². The summed E-state index contributed by atoms with van der Waals surface area (Å²) in [5.41, 5.74) is 3.81. The number of hydrogen-bond acceptors (Lipinski definition) is 1. The van der Waals surface area contributed by atoms with Crippen LogP contribution >= 0.6 is 0 Å². The van der Waals surface area contributed by atoms with Crippen molar-refractivity contribution in [3.63, 3.8) is 0 Å². The van der Waals surface area contributed by atoms with Gasteiger partial charge in [-0.15, -0.1) is 0 Å². The van der Waals surface area contributed by atoms with Crippen molar-refractivity contribution >= 4 is 0 Å². The number of benzene rings is 2. The second-order valence-electron chi connectivity index (χ2n) is 7.89. The van der Waals surface area contributed by atoms with E-state index in [0.29, 0.717) is 18.2 Å². The number of aryl methyl sites for hydroxylation is 1. The van der Waals surface area contributed by atoms with Crippen molar-refractivity contribution in [2.24, 2.45) is 0 Å². The topological polar surface area (TPSA) is 8.17 Å². The molecule has 3 aromatic rings. The lowest BCUT2D eigenvalue weighted by Gasteiger charge is -2.24. The first-order chi connectivity index (χ1) is 13.9. The van der Waals surface area contributed by atoms with Crippen molar-refractivity contribution in [2.45, 2.75) is 51.6 Å². The van der Waals surface area contributed by atoms with E-state index in [1.165, 1.54) is 36.1 Å². The molecule has 0 spiro atoms. The quantitative estimate of drug-likeness (QED) is 0.472. The van der Waals surface area contributed by atoms with Crippen LogP contribution in [-0.2, 0) is 25.8 Å². The van der Waals surface area contributed by atoms with Gasteiger partial charge >= 0.3 is 6.18 Å². The molecule has 0 amide bonds. The minimum Gasteiger partial charge on any atom is -0.346 e. The maximum Gasteiger partial charge on any atom is 0.416 e. The first-order valence-corrected chi connectivity index (χ1v) is 9.99. The lowest BCUT2D eigenvalue weighted by Crippen LogP contribution is -2.26. The molecule has 1 aromatic heterocycles. The molecule has 29 heavy (non-hydrogen) atoms. The summed E-state index contributed by atoms with van der Waals surface area (Å²) in [7, 11) is 0. The second-order valence-corrected chi connectivity index (χ2v) is 7.89. The maximum absolute atomic E-state index is 13.0. The molecule has 5 heteroatoms. The molecule has 0 bridgehead atoms. The molecule has 1 aliphatic rings. The van der Waals surface area contributed by atoms with Crippen LogP contribution in [0.5, 0.6) is 0 Å². The van der Waals surface area contributed by atoms with Gasteiger partial charge in [-0.2, -0.15) is 13.2 Å². The Labute approximate surface area is 169 Å². The van der Waals surface area contributed by atoms with Crippen molar-refractivity contribution in [3.05, 3.63) is 94.8 Å². The Morgan fingerprint density at radius 3 is 2.48 bits per heavy atom. The van der Waals surface area contributed by atoms with Gasteiger partial charge in [0, 0.05) is 37.6 Å². The number of hydrogen-bond donors (Lipinski definition) is 0. The summed E-state index contributed by atoms with van der Waals surface area (Å²) in [5, 5.41) is 0. The van der Waals surface area contributed by atoms with Gasteiger partial charge in [0.2, 0.25) is 0 Å². The Kier molecular flexibility index (Phi) is 5.50. The monoisotopic (exact) mass is 398 g/mol. The van der Waals surface area contributed by atoms with E-state index in [1.807, 2.05) is 12.3 Å². The van der Waals surface area contributed by atoms with Crippen LogP contribution in [0.25, 0.3) is 0 Å². The number of nitrogens with zero attached hydrogens (tertiary/aromatic N) is 2. The average Bonchev–Trinajstić information content (AvgIpc) is 3.44. The fraction of sp³-hybridized carbons (Fsp3) is 0.333. The summed E-state index contributed by atoms with van der Waals surface area (Å²) in [5.74, 6) is 0. The summed E-state index contributed by atoms with van der Waals surface area (Å²) >= 11 is 0. The minimum atomic E-state index is -4.31. The molecule has 0 N–H and O–H groups in total. The molecule has 0 radical (unpaired) electrons. The highest BCUT2D eigenvalue weighted by atomic mass is 19.4. The molecule has 1 aliphatic carbocycles. The predicted octanol–water partition coefficient (Wildman–Crippen LogP) is 6.03. The van der Waals surface area contributed by atoms with Gasteiger partial charge in [0.1, 0.15) is 0 Å². The number of halogens is 3. The zero-order chi connectivity index (χ0) is 20.4. The fourth-order valence-electron chi connectivity index (χ4n) is 3.76. The fourth-order valence-corrected chi connectivity index (χ4v) is 3.76. The van der Waals surface area contributed by atoms with Crippen molar-refractivity contribution in [1.82, 2.24) is 9.47 Å². The highest BCUT2D eigenvalue weighted by molar-refractivity contribution is 5.27. The third-order valence-corrected chi connectivity index (χ3v) is 5.59. The highest BCUT2D eigenvalue weighted by Gasteiger charge is 2.31. The van der Waals surface area contributed by atoms with Crippen LogP contribution in [0.3, 0.4) is 0 Å². The lowest BCUT2D eigenvalue weighted by molar-refractivity contribution is -0.137. The molecule has 4 rings (SSSR count). The Bertz CT molecular complexity index is 970. The van der Waals surface area contributed by atoms with E-state index in [4.69, 9.17) is 0 Å². The van der Waals surface area contributed by atoms with Gasteiger partial charge < -0.3 is 4.57 Å². The van der Waals surface area contributed by atoms with Crippen molar-refractivity contribution < 1.29 is 13.2 Å². The number of aromatic nitrogens is 1. The number of rotatable bonds is 7. The Hall–Kier alpha value is -2.53. The third kappa shape index (κ3) is 4.91. The minimum absolute atomic E-state index is 0.440. The van der Waals surface area contributed by atoms with Crippen molar-refractivity contribution in [1.29, 1.82) is 0 Å². The smallest absolute Gasteiger partial charge is 0.346 e. The van der Waals surface area contributed by atoms with E-state index < -0.39 is 11.7 Å². The average molecular weight is 398 g/mol. The molecule has 0 saturated heterocycles. The highest BCUT2D eigenvalue weighted by Crippen LogP contribution is 2.31. The van der Waals surface area contributed by atoms with Crippen LogP contribution in [0.1, 0.15) is 40.8 Å². The van der Waals surface area contributed by atoms with E-state index >= 15 is 0 Å². The Morgan fingerprint density at radius 1 is 0.966 bits per heavy atom. The van der Waals surface area contributed by atoms with E-state index in [1.54, 1.807) is 6.07 Å². The first kappa shape index (κ1) is 19.8. The van der Waals surface area contributed by atoms with E-state index in [-0.39, 0.29) is 0 Å². The van der Waals surface area contributed by atoms with E-state index in [9.17, 15) is 13.2 Å². The van der Waals surface area contributed by atoms with Gasteiger partial charge in [0.05, 0.1) is 5.56 Å². The molecule has 1 fully saturated rings. The van der Waals surface area contributed by atoms with Crippen LogP contribution in [0.15, 0.2) is 66.9 Å². The molecular formula is C24H25F3N2. The second kappa shape index (κ2) is 8.07. The lowest BCUT2D eigenvalue weighted by atomic mass is 10.1. The summed E-state index contributed by atoms with van der Waals surface area (Å²) in [6.07, 6.45) is 0.0563. The van der Waals surface area contributed by atoms with Crippen molar-refractivity contribution in [3.8, 4) is 0 Å². The molecule has 2 aromatic carbocycles. The number of alkyl halides is 3. The van der Waals surface area contributed by atoms with Crippen LogP contribution in [0.2, 0.25) is 0 Å². The molecule has 1 saturated carbocycles. The normalized spacial score (nSPS) is 14.5. The van der Waals surface area contributed by atoms with Gasteiger partial charge in [0.15, 0.2) is 0 Å². The Balaban J connectivity index is 1.51. The molecule has 152 valence electrons. The predicted molar refractivity (Wildman–Crippen MR) is 108 cm³/mol. The van der Waals surface area contributed by atoms with Crippen LogP contribution in [0.4, 0.5) is 13.2 Å². The molecule has 0 atom stereocenters. The summed E-state index contributed by atoms with van der Waals surface area (Å²) in [4.78, 5) is 2.49. The molecule has 2 nitrogen and oxygen atoms in total. The molecular weight excluding hydrogens is 373 g/mol. The SMILES string of the molecule is Cc1ccccc1CN(Cc1cccn1Cc1cccc(C(F)(F)F)c1)C1CC1. The van der Waals surface area contributed by atoms with Gasteiger partial charge in [0.25, 0.3) is 0 Å². The van der Waals surface area contributed by atoms with Gasteiger partial charge in [-0.25, -0.2) is 0 Å². The standard InChI is InChI=1S/C24H25F3N2/c1-18-6-2-3-8-20(18)16-29(22-11-12-22)17-23-10-5-13-28(23)15-19-7-4-9-21(14-19)24(25,26)27/h2-10,13-14,22H,11-12,15-17H2,1H3. The zero-order valence-corrected chi connectivity index (χ0v) is 16.5. The summed E-state index contributed by atoms with van der Waals surface area (Å²) in [6, 6.07) is 18.7. The molecule has 1 heterocycles. The Morgan fingerprint density at radius 2 is 1.76 bits per heavy atom. The first-order valence-electron chi connectivity index (χ1n) is 9.99. The van der Waals surface area contributed by atoms with Gasteiger partial charge in [-0.3, -0.25) is 4.90 Å². The van der Waals surface area contributed by atoms with Crippen LogP contribution in [-0.4, -0.2) is 15.5 Å². The van der Waals surface area contributed by atoms with Crippen molar-refractivity contribution in [2.75, 3.05) is 0 Å². The van der Waals surface area contributed by atoms with Crippen LogP contribution in [0, 0.1) is 6.92 Å². The summed E-state index contributed by atoms with van der Waals surface area (Å²) < 4.78 is 41.1. The third-order valence-electron chi connectivity index (χ3n) is 5.59. The molecule has 0 aliphatic heterocycles. The van der Waals surface area contributed by atoms with Crippen LogP contribution < -0.4 is 0 Å². The zero-order valence-electron chi connectivity index (χ0n) is 16.5.